The molecule has 17 nitrogen and oxygen atoms in total. The predicted molar refractivity (Wildman–Crippen MR) is 116 cm³/mol. The highest BCUT2D eigenvalue weighted by Gasteiger charge is 2.43. The van der Waals surface area contributed by atoms with Crippen molar-refractivity contribution >= 4 is 59.1 Å². The van der Waals surface area contributed by atoms with Gasteiger partial charge in [0.15, 0.2) is 0 Å². The minimum absolute atomic E-state index is 1.64. The lowest BCUT2D eigenvalue weighted by molar-refractivity contribution is -0.149. The Balaban J connectivity index is 0.00000318. The Morgan fingerprint density at radius 1 is 0.421 bits per heavy atom. The molecule has 0 unspecified atom stereocenters. The van der Waals surface area contributed by atoms with Gasteiger partial charge in [0, 0.05) is 5.56 Å². The van der Waals surface area contributed by atoms with Crippen molar-refractivity contribution in [1.82, 2.24) is 0 Å². The SMILES string of the molecule is C=CC=C.O=C(O)C(=O)C(C(=O)O)=C(C(=O)O)c1c(C(=O)O)c(C(=O)O)c(C(=O)O)c(C(=O)O)c1C(=O)O. The van der Waals surface area contributed by atoms with Gasteiger partial charge in [0.05, 0.1) is 33.4 Å². The van der Waals surface area contributed by atoms with Gasteiger partial charge < -0.3 is 40.9 Å². The first-order chi connectivity index (χ1) is 17.4. The molecule has 0 fully saturated rings. The number of hydrogen-bond donors (Lipinski definition) is 8. The summed E-state index contributed by atoms with van der Waals surface area (Å²) < 4.78 is 0. The van der Waals surface area contributed by atoms with Crippen LogP contribution in [0.15, 0.2) is 30.9 Å². The summed E-state index contributed by atoms with van der Waals surface area (Å²) in [5, 5.41) is 74.4. The summed E-state index contributed by atoms with van der Waals surface area (Å²) in [7, 11) is 0. The Labute approximate surface area is 208 Å². The van der Waals surface area contributed by atoms with Crippen molar-refractivity contribution in [3.63, 3.8) is 0 Å². The van der Waals surface area contributed by atoms with Crippen LogP contribution in [-0.4, -0.2) is 94.4 Å². The van der Waals surface area contributed by atoms with Crippen LogP contribution in [0.3, 0.4) is 0 Å². The molecule has 0 atom stereocenters. The minimum Gasteiger partial charge on any atom is -0.478 e. The van der Waals surface area contributed by atoms with Gasteiger partial charge in [-0.3, -0.25) is 4.79 Å². The summed E-state index contributed by atoms with van der Waals surface area (Å²) in [5.41, 5.74) is -16.6. The highest BCUT2D eigenvalue weighted by molar-refractivity contribution is 6.51. The van der Waals surface area contributed by atoms with Crippen molar-refractivity contribution in [2.45, 2.75) is 0 Å². The molecule has 0 aliphatic carbocycles. The number of carboxylic acid groups (broad SMARTS) is 8. The molecule has 1 aromatic carbocycles. The Hall–Kier alpha value is -6.13. The molecular formula is C21H14O17. The highest BCUT2D eigenvalue weighted by Crippen LogP contribution is 2.36. The van der Waals surface area contributed by atoms with Crippen LogP contribution in [0.4, 0.5) is 0 Å². The third-order valence-corrected chi connectivity index (χ3v) is 4.09. The summed E-state index contributed by atoms with van der Waals surface area (Å²) in [6.07, 6.45) is 3.28. The van der Waals surface area contributed by atoms with E-state index in [0.29, 0.717) is 0 Å². The summed E-state index contributed by atoms with van der Waals surface area (Å²) >= 11 is 0. The Morgan fingerprint density at radius 3 is 0.842 bits per heavy atom. The van der Waals surface area contributed by atoms with Crippen LogP contribution < -0.4 is 0 Å². The average molecular weight is 538 g/mol. The molecule has 0 bridgehead atoms. The number of aliphatic carboxylic acids is 3. The van der Waals surface area contributed by atoms with E-state index in [0.717, 1.165) is 0 Å². The number of rotatable bonds is 11. The first-order valence-corrected chi connectivity index (χ1v) is 9.03. The van der Waals surface area contributed by atoms with E-state index in [-0.39, 0.29) is 0 Å². The molecular weight excluding hydrogens is 524 g/mol. The first-order valence-electron chi connectivity index (χ1n) is 9.03. The number of carbonyl (C=O) groups excluding carboxylic acids is 1. The molecule has 0 amide bonds. The Morgan fingerprint density at radius 2 is 0.684 bits per heavy atom. The number of benzene rings is 1. The third-order valence-electron chi connectivity index (χ3n) is 4.09. The van der Waals surface area contributed by atoms with Gasteiger partial charge in [-0.15, -0.1) is 0 Å². The van der Waals surface area contributed by atoms with Gasteiger partial charge in [-0.25, -0.2) is 38.4 Å². The monoisotopic (exact) mass is 538 g/mol. The van der Waals surface area contributed by atoms with Gasteiger partial charge in [0.1, 0.15) is 5.57 Å². The van der Waals surface area contributed by atoms with Crippen molar-refractivity contribution in [2.75, 3.05) is 0 Å². The number of carboxylic acids is 8. The van der Waals surface area contributed by atoms with E-state index < -0.39 is 98.1 Å². The van der Waals surface area contributed by atoms with E-state index in [1.54, 1.807) is 12.2 Å². The van der Waals surface area contributed by atoms with Gasteiger partial charge in [0.2, 0.25) is 0 Å². The molecule has 0 spiro atoms. The summed E-state index contributed by atoms with van der Waals surface area (Å²) in [6.45, 7) is 6.72. The van der Waals surface area contributed by atoms with Crippen molar-refractivity contribution in [3.8, 4) is 0 Å². The topological polar surface area (TPSA) is 315 Å². The largest absolute Gasteiger partial charge is 0.478 e. The third kappa shape index (κ3) is 6.30. The maximum absolute atomic E-state index is 11.9. The van der Waals surface area contributed by atoms with E-state index >= 15 is 0 Å². The van der Waals surface area contributed by atoms with Crippen LogP contribution in [-0.2, 0) is 19.2 Å². The number of aromatic carboxylic acids is 5. The molecule has 200 valence electrons. The molecule has 0 aliphatic heterocycles. The van der Waals surface area contributed by atoms with Gasteiger partial charge >= 0.3 is 47.8 Å². The second-order valence-electron chi connectivity index (χ2n) is 6.24. The molecule has 0 heterocycles. The normalized spacial score (nSPS) is 10.4. The summed E-state index contributed by atoms with van der Waals surface area (Å²) in [4.78, 5) is 105. The van der Waals surface area contributed by atoms with Crippen LogP contribution in [0.1, 0.15) is 57.4 Å². The fourth-order valence-electron chi connectivity index (χ4n) is 2.83. The molecule has 1 rings (SSSR count). The minimum atomic E-state index is -2.70. The van der Waals surface area contributed by atoms with Gasteiger partial charge in [0.25, 0.3) is 5.78 Å². The van der Waals surface area contributed by atoms with Gasteiger partial charge in [-0.05, 0) is 0 Å². The van der Waals surface area contributed by atoms with Crippen molar-refractivity contribution in [3.05, 3.63) is 64.3 Å². The number of hydrogen-bond acceptors (Lipinski definition) is 9. The van der Waals surface area contributed by atoms with E-state index in [1.165, 1.54) is 0 Å². The van der Waals surface area contributed by atoms with E-state index in [2.05, 4.69) is 13.2 Å². The maximum atomic E-state index is 11.9. The van der Waals surface area contributed by atoms with Crippen LogP contribution in [0.25, 0.3) is 5.57 Å². The Kier molecular flexibility index (Phi) is 10.5. The molecule has 38 heavy (non-hydrogen) atoms. The maximum Gasteiger partial charge on any atom is 0.377 e. The second-order valence-corrected chi connectivity index (χ2v) is 6.24. The number of carbonyl (C=O) groups is 9. The lowest BCUT2D eigenvalue weighted by Crippen LogP contribution is -2.29. The van der Waals surface area contributed by atoms with Crippen molar-refractivity contribution in [2.24, 2.45) is 0 Å². The molecule has 0 aromatic heterocycles. The molecule has 8 N–H and O–H groups in total. The quantitative estimate of drug-likeness (QED) is 0.0609. The number of Topliss-reactive ketones (excluding diaryl/α,β-unsaturated/α-hetero) is 1. The standard InChI is InChI=1S/C17H8O17.C4H6/c18-9(17(33)34)8(16(31)32)4(12(23)24)1-2(10(19)20)5(13(25)26)7(15(29)30)6(14(27)28)3(1)11(21)22;1-3-4-2/h(H,19,20)(H,21,22)(H,23,24)(H,25,26)(H,27,28)(H,29,30)(H,31,32)(H,33,34);3-4H,1-2H2. The van der Waals surface area contributed by atoms with Crippen LogP contribution in [0, 0.1) is 0 Å². The lowest BCUT2D eigenvalue weighted by atomic mass is 9.81. The zero-order chi connectivity index (χ0) is 30.2. The lowest BCUT2D eigenvalue weighted by Gasteiger charge is -2.19. The predicted octanol–water partition coefficient (Wildman–Crippen LogP) is 0.113. The van der Waals surface area contributed by atoms with E-state index in [4.69, 9.17) is 5.11 Å². The first kappa shape index (κ1) is 31.9. The zero-order valence-electron chi connectivity index (χ0n) is 18.3. The number of allylic oxidation sites excluding steroid dienone is 2. The van der Waals surface area contributed by atoms with Crippen molar-refractivity contribution in [1.29, 1.82) is 0 Å². The molecule has 0 aliphatic rings. The van der Waals surface area contributed by atoms with E-state index in [1.807, 2.05) is 0 Å². The second kappa shape index (κ2) is 12.5. The summed E-state index contributed by atoms with van der Waals surface area (Å²) in [6, 6.07) is 0. The molecule has 0 saturated carbocycles. The Bertz CT molecular complexity index is 1310. The van der Waals surface area contributed by atoms with Gasteiger partial charge in [-0.1, -0.05) is 25.3 Å². The van der Waals surface area contributed by atoms with Crippen molar-refractivity contribution < 1.29 is 84.0 Å². The van der Waals surface area contributed by atoms with E-state index in [9.17, 15) is 78.9 Å². The fourth-order valence-corrected chi connectivity index (χ4v) is 2.83. The van der Waals surface area contributed by atoms with Gasteiger partial charge in [-0.2, -0.15) is 0 Å². The smallest absolute Gasteiger partial charge is 0.377 e. The summed E-state index contributed by atoms with van der Waals surface area (Å²) in [5.74, 6) is -23.3. The number of ketones is 1. The molecule has 17 heteroatoms. The molecule has 0 radical (unpaired) electrons. The molecule has 1 aromatic rings. The van der Waals surface area contributed by atoms with Crippen LogP contribution >= 0.6 is 0 Å². The van der Waals surface area contributed by atoms with Crippen LogP contribution in [0.2, 0.25) is 0 Å². The van der Waals surface area contributed by atoms with Crippen LogP contribution in [0.5, 0.6) is 0 Å². The zero-order valence-corrected chi connectivity index (χ0v) is 18.3. The average Bonchev–Trinajstić information content (AvgIpc) is 2.79. The fraction of sp³-hybridized carbons (Fsp3) is 0. The highest BCUT2D eigenvalue weighted by atomic mass is 16.4. The molecule has 0 saturated heterocycles.